The lowest BCUT2D eigenvalue weighted by molar-refractivity contribution is 0.104. The van der Waals surface area contributed by atoms with Gasteiger partial charge < -0.3 is 15.0 Å². The predicted octanol–water partition coefficient (Wildman–Crippen LogP) is 2.95. The molecule has 0 saturated heterocycles. The molecule has 0 spiro atoms. The Kier molecular flexibility index (Phi) is 4.56. The zero-order valence-corrected chi connectivity index (χ0v) is 12.2. The van der Waals surface area contributed by atoms with E-state index in [4.69, 9.17) is 22.7 Å². The van der Waals surface area contributed by atoms with Crippen LogP contribution in [0.1, 0.15) is 19.4 Å². The van der Waals surface area contributed by atoms with E-state index in [9.17, 15) is 0 Å². The molecule has 0 aliphatic carbocycles. The van der Waals surface area contributed by atoms with Gasteiger partial charge in [0.2, 0.25) is 0 Å². The highest BCUT2D eigenvalue weighted by Crippen LogP contribution is 2.17. The molecule has 0 aliphatic heterocycles. The SMILES string of the molecule is CC(C)COCCn1ccc2ccc(C(N)=S)cc21. The normalized spacial score (nSPS) is 11.3. The van der Waals surface area contributed by atoms with Gasteiger partial charge in [-0.15, -0.1) is 0 Å². The minimum Gasteiger partial charge on any atom is -0.389 e. The predicted molar refractivity (Wildman–Crippen MR) is 83.5 cm³/mol. The van der Waals surface area contributed by atoms with Gasteiger partial charge in [-0.3, -0.25) is 0 Å². The number of hydrogen-bond acceptors (Lipinski definition) is 2. The van der Waals surface area contributed by atoms with E-state index in [0.29, 0.717) is 10.9 Å². The first-order valence-electron chi connectivity index (χ1n) is 6.54. The van der Waals surface area contributed by atoms with Gasteiger partial charge in [0.05, 0.1) is 6.61 Å². The molecule has 0 fully saturated rings. The molecule has 0 atom stereocenters. The Balaban J connectivity index is 2.10. The Morgan fingerprint density at radius 2 is 2.16 bits per heavy atom. The standard InChI is InChI=1S/C15H20N2OS/c1-11(2)10-18-8-7-17-6-5-12-3-4-13(15(16)19)9-14(12)17/h3-6,9,11H,7-8,10H2,1-2H3,(H2,16,19). The summed E-state index contributed by atoms with van der Waals surface area (Å²) in [7, 11) is 0. The van der Waals surface area contributed by atoms with Crippen LogP contribution in [0.15, 0.2) is 30.5 Å². The van der Waals surface area contributed by atoms with E-state index in [1.54, 1.807) is 0 Å². The summed E-state index contributed by atoms with van der Waals surface area (Å²) in [6, 6.07) is 8.15. The molecule has 0 saturated carbocycles. The van der Waals surface area contributed by atoms with Gasteiger partial charge in [0.1, 0.15) is 4.99 Å². The van der Waals surface area contributed by atoms with E-state index in [0.717, 1.165) is 30.8 Å². The molecule has 4 heteroatoms. The van der Waals surface area contributed by atoms with E-state index >= 15 is 0 Å². The maximum atomic E-state index is 5.68. The summed E-state index contributed by atoms with van der Waals surface area (Å²) >= 11 is 5.02. The van der Waals surface area contributed by atoms with Gasteiger partial charge in [-0.2, -0.15) is 0 Å². The summed E-state index contributed by atoms with van der Waals surface area (Å²) in [5.41, 5.74) is 7.74. The summed E-state index contributed by atoms with van der Waals surface area (Å²) < 4.78 is 7.80. The van der Waals surface area contributed by atoms with Crippen molar-refractivity contribution in [2.45, 2.75) is 20.4 Å². The average Bonchev–Trinajstić information content (AvgIpc) is 2.76. The van der Waals surface area contributed by atoms with Gasteiger partial charge in [0.25, 0.3) is 0 Å². The smallest absolute Gasteiger partial charge is 0.104 e. The fraction of sp³-hybridized carbons (Fsp3) is 0.400. The van der Waals surface area contributed by atoms with Crippen molar-refractivity contribution in [2.24, 2.45) is 11.7 Å². The first-order chi connectivity index (χ1) is 9.08. The van der Waals surface area contributed by atoms with Crippen LogP contribution >= 0.6 is 12.2 Å². The fourth-order valence-electron chi connectivity index (χ4n) is 2.01. The van der Waals surface area contributed by atoms with Crippen molar-refractivity contribution in [3.63, 3.8) is 0 Å². The van der Waals surface area contributed by atoms with Crippen LogP contribution in [0.5, 0.6) is 0 Å². The van der Waals surface area contributed by atoms with Gasteiger partial charge >= 0.3 is 0 Å². The van der Waals surface area contributed by atoms with Crippen molar-refractivity contribution >= 4 is 28.1 Å². The number of benzene rings is 1. The summed E-state index contributed by atoms with van der Waals surface area (Å²) in [6.45, 7) is 6.67. The third-order valence-electron chi connectivity index (χ3n) is 2.99. The average molecular weight is 276 g/mol. The molecule has 3 nitrogen and oxygen atoms in total. The molecule has 2 rings (SSSR count). The molecule has 102 valence electrons. The van der Waals surface area contributed by atoms with E-state index in [-0.39, 0.29) is 0 Å². The molecule has 1 aromatic carbocycles. The molecule has 2 aromatic rings. The van der Waals surface area contributed by atoms with E-state index < -0.39 is 0 Å². The number of thiocarbonyl (C=S) groups is 1. The van der Waals surface area contributed by atoms with Crippen LogP contribution in [0.25, 0.3) is 10.9 Å². The molecule has 1 heterocycles. The van der Waals surface area contributed by atoms with Crippen LogP contribution in [-0.4, -0.2) is 22.8 Å². The molecule has 0 radical (unpaired) electrons. The lowest BCUT2D eigenvalue weighted by Crippen LogP contribution is -2.10. The topological polar surface area (TPSA) is 40.2 Å². The number of rotatable bonds is 6. The minimum absolute atomic E-state index is 0.436. The van der Waals surface area contributed by atoms with Crippen LogP contribution in [0, 0.1) is 5.92 Å². The molecule has 0 amide bonds. The van der Waals surface area contributed by atoms with Crippen molar-refractivity contribution in [1.82, 2.24) is 4.57 Å². The van der Waals surface area contributed by atoms with Crippen molar-refractivity contribution < 1.29 is 4.74 Å². The van der Waals surface area contributed by atoms with E-state index in [1.165, 1.54) is 5.39 Å². The Labute approximate surface area is 119 Å². The summed E-state index contributed by atoms with van der Waals surface area (Å²) in [4.78, 5) is 0.436. The Bertz CT molecular complexity index is 575. The zero-order valence-electron chi connectivity index (χ0n) is 11.4. The molecule has 1 aromatic heterocycles. The minimum atomic E-state index is 0.436. The Morgan fingerprint density at radius 1 is 1.37 bits per heavy atom. The number of hydrogen-bond donors (Lipinski definition) is 1. The summed E-state index contributed by atoms with van der Waals surface area (Å²) in [6.07, 6.45) is 2.08. The van der Waals surface area contributed by atoms with E-state index in [2.05, 4.69) is 36.7 Å². The van der Waals surface area contributed by atoms with Gasteiger partial charge in [0.15, 0.2) is 0 Å². The first-order valence-corrected chi connectivity index (χ1v) is 6.95. The molecular weight excluding hydrogens is 256 g/mol. The zero-order chi connectivity index (χ0) is 13.8. The molecule has 19 heavy (non-hydrogen) atoms. The number of ether oxygens (including phenoxy) is 1. The largest absolute Gasteiger partial charge is 0.389 e. The molecule has 0 aliphatic rings. The highest BCUT2D eigenvalue weighted by Gasteiger charge is 2.04. The molecular formula is C15H20N2OS. The van der Waals surface area contributed by atoms with E-state index in [1.807, 2.05) is 12.1 Å². The van der Waals surface area contributed by atoms with Gasteiger partial charge in [-0.1, -0.05) is 38.2 Å². The van der Waals surface area contributed by atoms with Crippen molar-refractivity contribution in [1.29, 1.82) is 0 Å². The van der Waals surface area contributed by atoms with Gasteiger partial charge in [-0.05, 0) is 23.4 Å². The maximum Gasteiger partial charge on any atom is 0.104 e. The fourth-order valence-corrected chi connectivity index (χ4v) is 2.14. The highest BCUT2D eigenvalue weighted by molar-refractivity contribution is 7.80. The lowest BCUT2D eigenvalue weighted by atomic mass is 10.1. The number of fused-ring (bicyclic) bond motifs is 1. The number of nitrogens with zero attached hydrogens (tertiary/aromatic N) is 1. The quantitative estimate of drug-likeness (QED) is 0.651. The third kappa shape index (κ3) is 3.55. The van der Waals surface area contributed by atoms with Crippen LogP contribution in [0.3, 0.4) is 0 Å². The first kappa shape index (κ1) is 14.0. The second kappa shape index (κ2) is 6.17. The van der Waals surface area contributed by atoms with Crippen molar-refractivity contribution in [3.8, 4) is 0 Å². The van der Waals surface area contributed by atoms with Crippen molar-refractivity contribution in [3.05, 3.63) is 36.0 Å². The second-order valence-electron chi connectivity index (χ2n) is 5.12. The molecule has 0 unspecified atom stereocenters. The molecule has 0 bridgehead atoms. The lowest BCUT2D eigenvalue weighted by Gasteiger charge is -2.09. The van der Waals surface area contributed by atoms with Crippen LogP contribution < -0.4 is 5.73 Å². The monoisotopic (exact) mass is 276 g/mol. The third-order valence-corrected chi connectivity index (χ3v) is 3.22. The van der Waals surface area contributed by atoms with Crippen LogP contribution in [0.4, 0.5) is 0 Å². The van der Waals surface area contributed by atoms with Crippen molar-refractivity contribution in [2.75, 3.05) is 13.2 Å². The highest BCUT2D eigenvalue weighted by atomic mass is 32.1. The Morgan fingerprint density at radius 3 is 2.84 bits per heavy atom. The van der Waals surface area contributed by atoms with Gasteiger partial charge in [-0.25, -0.2) is 0 Å². The summed E-state index contributed by atoms with van der Waals surface area (Å²) in [5, 5.41) is 1.20. The second-order valence-corrected chi connectivity index (χ2v) is 5.56. The van der Waals surface area contributed by atoms with Gasteiger partial charge in [0, 0.05) is 30.4 Å². The maximum absolute atomic E-state index is 5.68. The van der Waals surface area contributed by atoms with Crippen LogP contribution in [0.2, 0.25) is 0 Å². The molecule has 2 N–H and O–H groups in total. The number of nitrogens with two attached hydrogens (primary N) is 1. The Hall–Kier alpha value is -1.39. The number of aromatic nitrogens is 1. The van der Waals surface area contributed by atoms with Crippen LogP contribution in [-0.2, 0) is 11.3 Å². The summed E-state index contributed by atoms with van der Waals surface area (Å²) in [5.74, 6) is 0.572.